The first-order valence-electron chi connectivity index (χ1n) is 6.08. The van der Waals surface area contributed by atoms with E-state index in [1.165, 1.54) is 6.07 Å². The summed E-state index contributed by atoms with van der Waals surface area (Å²) >= 11 is 0. The van der Waals surface area contributed by atoms with Gasteiger partial charge in [-0.1, -0.05) is 13.0 Å². The molecule has 0 saturated heterocycles. The van der Waals surface area contributed by atoms with Crippen molar-refractivity contribution in [1.82, 2.24) is 5.32 Å². The van der Waals surface area contributed by atoms with Crippen LogP contribution in [-0.4, -0.2) is 34.6 Å². The molecule has 0 radical (unpaired) electrons. The lowest BCUT2D eigenvalue weighted by molar-refractivity contribution is 0.0934. The maximum Gasteiger partial charge on any atom is 0.261 e. The predicted octanol–water partition coefficient (Wildman–Crippen LogP) is 1.93. The predicted molar refractivity (Wildman–Crippen MR) is 77.6 cm³/mol. The van der Waals surface area contributed by atoms with Gasteiger partial charge in [0.15, 0.2) is 0 Å². The van der Waals surface area contributed by atoms with Crippen LogP contribution in [0.4, 0.5) is 0 Å². The van der Waals surface area contributed by atoms with E-state index in [0.717, 1.165) is 0 Å². The summed E-state index contributed by atoms with van der Waals surface area (Å²) in [6.45, 7) is 4.55. The largest absolute Gasteiger partial charge is 0.384 e. The molecule has 0 aliphatic carbocycles. The molecule has 0 fully saturated rings. The third-order valence-corrected chi connectivity index (χ3v) is 4.24. The fraction of sp³-hybridized carbons (Fsp3) is 0.462. The minimum atomic E-state index is -3.86. The minimum Gasteiger partial charge on any atom is -0.384 e. The number of amides is 1. The van der Waals surface area contributed by atoms with Gasteiger partial charge in [-0.3, -0.25) is 4.79 Å². The van der Waals surface area contributed by atoms with E-state index in [-0.39, 0.29) is 22.3 Å². The van der Waals surface area contributed by atoms with Crippen molar-refractivity contribution >= 4 is 25.6 Å². The van der Waals surface area contributed by atoms with Crippen LogP contribution in [0.25, 0.3) is 0 Å². The Bertz CT molecular complexity index is 586. The summed E-state index contributed by atoms with van der Waals surface area (Å²) in [6, 6.07) is 4.41. The molecule has 112 valence electrons. The number of nitrogens with one attached hydrogen (secondary N) is 1. The quantitative estimate of drug-likeness (QED) is 0.813. The van der Waals surface area contributed by atoms with Crippen molar-refractivity contribution in [2.75, 3.05) is 20.3 Å². The van der Waals surface area contributed by atoms with Gasteiger partial charge in [-0.2, -0.15) is 0 Å². The van der Waals surface area contributed by atoms with E-state index in [9.17, 15) is 13.2 Å². The lowest BCUT2D eigenvalue weighted by Gasteiger charge is -2.12. The number of aryl methyl sites for hydroxylation is 1. The highest BCUT2D eigenvalue weighted by Gasteiger charge is 2.16. The van der Waals surface area contributed by atoms with Crippen LogP contribution in [0.3, 0.4) is 0 Å². The van der Waals surface area contributed by atoms with Gasteiger partial charge >= 0.3 is 0 Å². The van der Waals surface area contributed by atoms with Crippen LogP contribution >= 0.6 is 10.7 Å². The highest BCUT2D eigenvalue weighted by Crippen LogP contribution is 2.20. The molecule has 5 nitrogen and oxygen atoms in total. The average Bonchev–Trinajstić information content (AvgIpc) is 2.35. The van der Waals surface area contributed by atoms with Gasteiger partial charge in [0.25, 0.3) is 15.0 Å². The molecule has 1 N–H and O–H groups in total. The zero-order valence-electron chi connectivity index (χ0n) is 11.6. The van der Waals surface area contributed by atoms with E-state index >= 15 is 0 Å². The van der Waals surface area contributed by atoms with Crippen LogP contribution in [0, 0.1) is 12.8 Å². The van der Waals surface area contributed by atoms with Crippen molar-refractivity contribution in [3.8, 4) is 0 Å². The summed E-state index contributed by atoms with van der Waals surface area (Å²) in [6.07, 6.45) is 0. The zero-order valence-corrected chi connectivity index (χ0v) is 13.2. The summed E-state index contributed by atoms with van der Waals surface area (Å²) in [7, 11) is 3.07. The second kappa shape index (κ2) is 7.06. The lowest BCUT2D eigenvalue weighted by atomic mass is 10.1. The van der Waals surface area contributed by atoms with Crippen LogP contribution in [0.15, 0.2) is 23.1 Å². The molecule has 1 aromatic carbocycles. The van der Waals surface area contributed by atoms with E-state index in [2.05, 4.69) is 5.32 Å². The molecule has 1 amide bonds. The van der Waals surface area contributed by atoms with Crippen LogP contribution in [-0.2, 0) is 13.8 Å². The molecule has 1 rings (SSSR count). The van der Waals surface area contributed by atoms with Gasteiger partial charge in [0, 0.05) is 29.9 Å². The van der Waals surface area contributed by atoms with Crippen molar-refractivity contribution in [2.45, 2.75) is 18.7 Å². The zero-order chi connectivity index (χ0) is 15.3. The molecule has 0 aliphatic rings. The van der Waals surface area contributed by atoms with Crippen molar-refractivity contribution < 1.29 is 17.9 Å². The molecular formula is C13H18ClNO4S. The van der Waals surface area contributed by atoms with Crippen LogP contribution in [0.1, 0.15) is 22.8 Å². The molecule has 0 aromatic heterocycles. The Hall–Kier alpha value is -1.11. The Morgan fingerprint density at radius 3 is 2.65 bits per heavy atom. The number of methoxy groups -OCH3 is 1. The van der Waals surface area contributed by atoms with Gasteiger partial charge in [0.2, 0.25) is 0 Å². The number of hydrogen-bond donors (Lipinski definition) is 1. The van der Waals surface area contributed by atoms with Gasteiger partial charge in [0.1, 0.15) is 0 Å². The second-order valence-corrected chi connectivity index (χ2v) is 7.22. The Kier molecular flexibility index (Phi) is 5.98. The molecule has 7 heteroatoms. The summed E-state index contributed by atoms with van der Waals surface area (Å²) in [5.74, 6) is -0.167. The van der Waals surface area contributed by atoms with Gasteiger partial charge < -0.3 is 10.1 Å². The number of halogens is 1. The number of hydrogen-bond acceptors (Lipinski definition) is 4. The first-order chi connectivity index (χ1) is 9.25. The first kappa shape index (κ1) is 16.9. The molecule has 1 unspecified atom stereocenters. The summed E-state index contributed by atoms with van der Waals surface area (Å²) in [5.41, 5.74) is 0.767. The van der Waals surface area contributed by atoms with E-state index < -0.39 is 9.05 Å². The van der Waals surface area contributed by atoms with Crippen LogP contribution in [0.2, 0.25) is 0 Å². The van der Waals surface area contributed by atoms with Crippen LogP contribution in [0.5, 0.6) is 0 Å². The third-order valence-electron chi connectivity index (χ3n) is 2.78. The number of benzene rings is 1. The van der Waals surface area contributed by atoms with Crippen LogP contribution < -0.4 is 5.32 Å². The highest BCUT2D eigenvalue weighted by atomic mass is 35.7. The fourth-order valence-electron chi connectivity index (χ4n) is 1.72. The van der Waals surface area contributed by atoms with Gasteiger partial charge in [0.05, 0.1) is 11.5 Å². The topological polar surface area (TPSA) is 72.5 Å². The fourth-order valence-corrected chi connectivity index (χ4v) is 2.94. The summed E-state index contributed by atoms with van der Waals surface area (Å²) in [4.78, 5) is 11.9. The Morgan fingerprint density at radius 1 is 1.45 bits per heavy atom. The maximum absolute atomic E-state index is 12.0. The molecule has 1 aromatic rings. The minimum absolute atomic E-state index is 0.0447. The maximum atomic E-state index is 12.0. The summed E-state index contributed by atoms with van der Waals surface area (Å²) in [5, 5.41) is 2.72. The first-order valence-corrected chi connectivity index (χ1v) is 8.39. The Balaban J connectivity index is 2.85. The van der Waals surface area contributed by atoms with E-state index in [1.54, 1.807) is 26.2 Å². The molecule has 0 bridgehead atoms. The standard InChI is InChI=1S/C13H18ClNO4S/c1-9(8-19-3)7-15-13(16)11-5-4-10(2)12(6-11)20(14,17)18/h4-6,9H,7-8H2,1-3H3,(H,15,16). The third kappa shape index (κ3) is 4.77. The van der Waals surface area contributed by atoms with Crippen molar-refractivity contribution in [1.29, 1.82) is 0 Å². The van der Waals surface area contributed by atoms with Crippen molar-refractivity contribution in [3.63, 3.8) is 0 Å². The molecule has 0 heterocycles. The molecular weight excluding hydrogens is 302 g/mol. The lowest BCUT2D eigenvalue weighted by Crippen LogP contribution is -2.30. The molecule has 20 heavy (non-hydrogen) atoms. The van der Waals surface area contributed by atoms with E-state index in [0.29, 0.717) is 18.7 Å². The molecule has 0 spiro atoms. The molecule has 1 atom stereocenters. The second-order valence-electron chi connectivity index (χ2n) is 4.69. The number of carbonyl (C=O) groups is 1. The SMILES string of the molecule is COCC(C)CNC(=O)c1ccc(C)c(S(=O)(=O)Cl)c1. The Labute approximate surface area is 123 Å². The highest BCUT2D eigenvalue weighted by molar-refractivity contribution is 8.13. The number of ether oxygens (including phenoxy) is 1. The monoisotopic (exact) mass is 319 g/mol. The van der Waals surface area contributed by atoms with Gasteiger partial charge in [-0.05, 0) is 30.5 Å². The smallest absolute Gasteiger partial charge is 0.261 e. The van der Waals surface area contributed by atoms with Crippen molar-refractivity contribution in [2.24, 2.45) is 5.92 Å². The van der Waals surface area contributed by atoms with Gasteiger partial charge in [-0.15, -0.1) is 0 Å². The number of rotatable bonds is 6. The normalized spacial score (nSPS) is 13.0. The summed E-state index contributed by atoms with van der Waals surface area (Å²) < 4.78 is 27.8. The Morgan fingerprint density at radius 2 is 2.10 bits per heavy atom. The molecule has 0 aliphatic heterocycles. The van der Waals surface area contributed by atoms with E-state index in [4.69, 9.17) is 15.4 Å². The van der Waals surface area contributed by atoms with E-state index in [1.807, 2.05) is 6.92 Å². The van der Waals surface area contributed by atoms with Crippen molar-refractivity contribution in [3.05, 3.63) is 29.3 Å². The average molecular weight is 320 g/mol. The van der Waals surface area contributed by atoms with Gasteiger partial charge in [-0.25, -0.2) is 8.42 Å². The number of carbonyl (C=O) groups excluding carboxylic acids is 1. The molecule has 0 saturated carbocycles.